The van der Waals surface area contributed by atoms with Crippen LogP contribution in [-0.2, 0) is 0 Å². The van der Waals surface area contributed by atoms with Gasteiger partial charge in [-0.2, -0.15) is 0 Å². The van der Waals surface area contributed by atoms with E-state index < -0.39 is 0 Å². The molecule has 92 valence electrons. The summed E-state index contributed by atoms with van der Waals surface area (Å²) < 4.78 is 5.56. The molecule has 0 amide bonds. The molecule has 0 radical (unpaired) electrons. The first kappa shape index (κ1) is 12.8. The van der Waals surface area contributed by atoms with Crippen molar-refractivity contribution >= 4 is 21.7 Å². The number of carbonyl (C=O) groups excluding carboxylic acids is 1. The molecule has 0 saturated carbocycles. The summed E-state index contributed by atoms with van der Waals surface area (Å²) in [6, 6.07) is 16.5. The molecule has 0 fully saturated rings. The van der Waals surface area contributed by atoms with Crippen LogP contribution in [0.3, 0.4) is 0 Å². The van der Waals surface area contributed by atoms with E-state index in [1.165, 1.54) is 0 Å². The fourth-order valence-electron chi connectivity index (χ4n) is 1.67. The summed E-state index contributed by atoms with van der Waals surface area (Å²) in [5, 5.41) is 0.737. The van der Waals surface area contributed by atoms with E-state index in [0.29, 0.717) is 23.5 Å². The Morgan fingerprint density at radius 1 is 1.00 bits per heavy atom. The summed E-state index contributed by atoms with van der Waals surface area (Å²) in [6.07, 6.45) is 0. The maximum absolute atomic E-state index is 12.3. The van der Waals surface area contributed by atoms with Gasteiger partial charge in [0.05, 0.1) is 12.2 Å². The van der Waals surface area contributed by atoms with E-state index in [4.69, 9.17) is 4.74 Å². The molecule has 2 aromatic carbocycles. The number of hydrogen-bond donors (Lipinski definition) is 0. The predicted molar refractivity (Wildman–Crippen MR) is 75.6 cm³/mol. The van der Waals surface area contributed by atoms with Crippen molar-refractivity contribution < 1.29 is 9.53 Å². The van der Waals surface area contributed by atoms with Gasteiger partial charge < -0.3 is 4.74 Å². The Balaban J connectivity index is 2.30. The standard InChI is InChI=1S/C15H13BrO2/c16-10-11-18-14-9-5-4-8-13(14)15(17)12-6-2-1-3-7-12/h1-9H,10-11H2. The van der Waals surface area contributed by atoms with Crippen LogP contribution in [0.15, 0.2) is 54.6 Å². The summed E-state index contributed by atoms with van der Waals surface area (Å²) in [5.74, 6) is 0.617. The molecule has 3 heteroatoms. The Morgan fingerprint density at radius 3 is 2.39 bits per heavy atom. The second-order valence-electron chi connectivity index (χ2n) is 3.73. The molecule has 18 heavy (non-hydrogen) atoms. The zero-order valence-corrected chi connectivity index (χ0v) is 11.4. The lowest BCUT2D eigenvalue weighted by Gasteiger charge is -2.09. The number of halogens is 1. The third-order valence-electron chi connectivity index (χ3n) is 2.50. The average molecular weight is 305 g/mol. The number of alkyl halides is 1. The number of ketones is 1. The number of benzene rings is 2. The summed E-state index contributed by atoms with van der Waals surface area (Å²) in [5.41, 5.74) is 1.28. The normalized spacial score (nSPS) is 10.1. The van der Waals surface area contributed by atoms with Gasteiger partial charge in [0, 0.05) is 10.9 Å². The first-order chi connectivity index (χ1) is 8.83. The molecule has 0 aliphatic heterocycles. The van der Waals surface area contributed by atoms with Crippen LogP contribution in [0, 0.1) is 0 Å². The van der Waals surface area contributed by atoms with Gasteiger partial charge in [0.1, 0.15) is 5.75 Å². The lowest BCUT2D eigenvalue weighted by molar-refractivity contribution is 0.103. The molecule has 0 aliphatic carbocycles. The molecule has 2 aromatic rings. The summed E-state index contributed by atoms with van der Waals surface area (Å²) in [4.78, 5) is 12.3. The Morgan fingerprint density at radius 2 is 1.67 bits per heavy atom. The van der Waals surface area contributed by atoms with Crippen LogP contribution in [-0.4, -0.2) is 17.7 Å². The largest absolute Gasteiger partial charge is 0.492 e. The first-order valence-corrected chi connectivity index (χ1v) is 6.82. The van der Waals surface area contributed by atoms with E-state index in [2.05, 4.69) is 15.9 Å². The molecule has 0 spiro atoms. The van der Waals surface area contributed by atoms with Crippen molar-refractivity contribution in [3.8, 4) is 5.75 Å². The number of carbonyl (C=O) groups is 1. The smallest absolute Gasteiger partial charge is 0.196 e. The molecule has 0 aliphatic rings. The van der Waals surface area contributed by atoms with Gasteiger partial charge in [0.2, 0.25) is 0 Å². The van der Waals surface area contributed by atoms with Crippen LogP contribution in [0.2, 0.25) is 0 Å². The second-order valence-corrected chi connectivity index (χ2v) is 4.52. The molecule has 0 N–H and O–H groups in total. The van der Waals surface area contributed by atoms with Crippen LogP contribution in [0.5, 0.6) is 5.75 Å². The average Bonchev–Trinajstić information content (AvgIpc) is 2.45. The molecular weight excluding hydrogens is 292 g/mol. The maximum atomic E-state index is 12.3. The van der Waals surface area contributed by atoms with Crippen molar-refractivity contribution in [2.45, 2.75) is 0 Å². The minimum Gasteiger partial charge on any atom is -0.492 e. The highest BCUT2D eigenvalue weighted by Crippen LogP contribution is 2.21. The van der Waals surface area contributed by atoms with Crippen LogP contribution >= 0.6 is 15.9 Å². The highest BCUT2D eigenvalue weighted by Gasteiger charge is 2.13. The summed E-state index contributed by atoms with van der Waals surface area (Å²) in [6.45, 7) is 0.541. The molecule has 0 bridgehead atoms. The Kier molecular flexibility index (Phi) is 4.53. The van der Waals surface area contributed by atoms with Crippen LogP contribution in [0.1, 0.15) is 15.9 Å². The lowest BCUT2D eigenvalue weighted by Crippen LogP contribution is -2.06. The summed E-state index contributed by atoms with van der Waals surface area (Å²) in [7, 11) is 0. The zero-order valence-electron chi connectivity index (χ0n) is 9.80. The Labute approximate surface area is 115 Å². The van der Waals surface area contributed by atoms with Gasteiger partial charge in [0.15, 0.2) is 5.78 Å². The maximum Gasteiger partial charge on any atom is 0.196 e. The molecule has 0 aromatic heterocycles. The van der Waals surface area contributed by atoms with E-state index >= 15 is 0 Å². The van der Waals surface area contributed by atoms with Crippen molar-refractivity contribution in [3.05, 3.63) is 65.7 Å². The fourth-order valence-corrected chi connectivity index (χ4v) is 1.84. The van der Waals surface area contributed by atoms with Gasteiger partial charge in [-0.25, -0.2) is 0 Å². The molecule has 2 rings (SSSR count). The molecule has 0 saturated heterocycles. The Bertz CT molecular complexity index is 523. The fraction of sp³-hybridized carbons (Fsp3) is 0.133. The number of rotatable bonds is 5. The van der Waals surface area contributed by atoms with E-state index in [0.717, 1.165) is 5.33 Å². The molecule has 0 atom stereocenters. The predicted octanol–water partition coefficient (Wildman–Crippen LogP) is 3.69. The van der Waals surface area contributed by atoms with Gasteiger partial charge in [-0.3, -0.25) is 4.79 Å². The summed E-state index contributed by atoms with van der Waals surface area (Å²) >= 11 is 3.30. The van der Waals surface area contributed by atoms with Gasteiger partial charge in [-0.1, -0.05) is 58.4 Å². The van der Waals surface area contributed by atoms with Crippen molar-refractivity contribution in [1.82, 2.24) is 0 Å². The van der Waals surface area contributed by atoms with Crippen LogP contribution in [0.25, 0.3) is 0 Å². The minimum atomic E-state index is -0.0132. The SMILES string of the molecule is O=C(c1ccccc1)c1ccccc1OCCBr. The number of para-hydroxylation sites is 1. The van der Waals surface area contributed by atoms with Crippen LogP contribution < -0.4 is 4.74 Å². The highest BCUT2D eigenvalue weighted by atomic mass is 79.9. The molecule has 0 heterocycles. The van der Waals surface area contributed by atoms with Crippen molar-refractivity contribution in [3.63, 3.8) is 0 Å². The number of ether oxygens (including phenoxy) is 1. The molecule has 0 unspecified atom stereocenters. The van der Waals surface area contributed by atoms with Gasteiger partial charge in [-0.05, 0) is 12.1 Å². The quantitative estimate of drug-likeness (QED) is 0.622. The second kappa shape index (κ2) is 6.36. The van der Waals surface area contributed by atoms with Crippen molar-refractivity contribution in [2.75, 3.05) is 11.9 Å². The third-order valence-corrected chi connectivity index (χ3v) is 2.83. The monoisotopic (exact) mass is 304 g/mol. The van der Waals surface area contributed by atoms with Gasteiger partial charge in [0.25, 0.3) is 0 Å². The molecular formula is C15H13BrO2. The van der Waals surface area contributed by atoms with Crippen LogP contribution in [0.4, 0.5) is 0 Å². The third kappa shape index (κ3) is 2.99. The zero-order chi connectivity index (χ0) is 12.8. The van der Waals surface area contributed by atoms with E-state index in [1.807, 2.05) is 48.5 Å². The van der Waals surface area contributed by atoms with Crippen molar-refractivity contribution in [1.29, 1.82) is 0 Å². The molecule has 2 nitrogen and oxygen atoms in total. The van der Waals surface area contributed by atoms with Gasteiger partial charge in [-0.15, -0.1) is 0 Å². The minimum absolute atomic E-state index is 0.0132. The van der Waals surface area contributed by atoms with E-state index in [1.54, 1.807) is 6.07 Å². The topological polar surface area (TPSA) is 26.3 Å². The number of hydrogen-bond acceptors (Lipinski definition) is 2. The van der Waals surface area contributed by atoms with Gasteiger partial charge >= 0.3 is 0 Å². The Hall–Kier alpha value is -1.61. The van der Waals surface area contributed by atoms with E-state index in [-0.39, 0.29) is 5.78 Å². The van der Waals surface area contributed by atoms with E-state index in [9.17, 15) is 4.79 Å². The highest BCUT2D eigenvalue weighted by molar-refractivity contribution is 9.09. The van der Waals surface area contributed by atoms with Crippen molar-refractivity contribution in [2.24, 2.45) is 0 Å². The first-order valence-electron chi connectivity index (χ1n) is 5.70. The lowest BCUT2D eigenvalue weighted by atomic mass is 10.0.